The molecule has 1 N–H and O–H groups in total. The summed E-state index contributed by atoms with van der Waals surface area (Å²) in [6, 6.07) is 1.77. The molecule has 2 rings (SSSR count). The predicted octanol–water partition coefficient (Wildman–Crippen LogP) is 2.28. The number of carboxylic acid groups (broad SMARTS) is 1. The van der Waals surface area contributed by atoms with Gasteiger partial charge in [-0.05, 0) is 19.9 Å². The normalized spacial score (nSPS) is 10.6. The lowest BCUT2D eigenvalue weighted by Crippen LogP contribution is -2.05. The fraction of sp³-hybridized carbons (Fsp3) is 0.250. The van der Waals surface area contributed by atoms with E-state index in [-0.39, 0.29) is 5.56 Å². The van der Waals surface area contributed by atoms with Gasteiger partial charge in [-0.2, -0.15) is 0 Å². The van der Waals surface area contributed by atoms with Gasteiger partial charge >= 0.3 is 5.97 Å². The third kappa shape index (κ3) is 2.38. The molecule has 0 unspecified atom stereocenters. The minimum atomic E-state index is -0.961. The number of hydrogen-bond acceptors (Lipinski definition) is 4. The average molecular weight is 263 g/mol. The summed E-state index contributed by atoms with van der Waals surface area (Å²) >= 11 is 1.34. The minimum absolute atomic E-state index is 0.244. The molecule has 6 heteroatoms. The lowest BCUT2D eigenvalue weighted by atomic mass is 10.2. The second-order valence-corrected chi connectivity index (χ2v) is 4.96. The van der Waals surface area contributed by atoms with E-state index >= 15 is 0 Å². The standard InChI is InChI=1S/C12H13N3O2S/c1-7-6-9(10(11(16)17)8(2)14-7)18-12-13-4-5-15(12)3/h4-6H,1-3H3,(H,16,17). The van der Waals surface area contributed by atoms with Crippen molar-refractivity contribution in [2.24, 2.45) is 7.05 Å². The Morgan fingerprint density at radius 1 is 1.44 bits per heavy atom. The molecule has 0 aliphatic heterocycles. The van der Waals surface area contributed by atoms with E-state index in [1.54, 1.807) is 19.2 Å². The lowest BCUT2D eigenvalue weighted by molar-refractivity contribution is 0.0691. The van der Waals surface area contributed by atoms with Crippen LogP contribution in [0.2, 0.25) is 0 Å². The van der Waals surface area contributed by atoms with Crippen LogP contribution in [0.1, 0.15) is 21.7 Å². The van der Waals surface area contributed by atoms with E-state index < -0.39 is 5.97 Å². The number of carbonyl (C=O) groups is 1. The Morgan fingerprint density at radius 3 is 2.72 bits per heavy atom. The third-order valence-electron chi connectivity index (χ3n) is 2.48. The van der Waals surface area contributed by atoms with E-state index in [4.69, 9.17) is 0 Å². The van der Waals surface area contributed by atoms with Crippen LogP contribution in [0, 0.1) is 13.8 Å². The molecule has 2 heterocycles. The van der Waals surface area contributed by atoms with Gasteiger partial charge in [-0.25, -0.2) is 9.78 Å². The molecule has 0 saturated heterocycles. The number of rotatable bonds is 3. The van der Waals surface area contributed by atoms with E-state index in [1.165, 1.54) is 11.8 Å². The largest absolute Gasteiger partial charge is 0.478 e. The van der Waals surface area contributed by atoms with E-state index in [1.807, 2.05) is 24.7 Å². The monoisotopic (exact) mass is 263 g/mol. The van der Waals surface area contributed by atoms with Crippen molar-refractivity contribution in [2.45, 2.75) is 23.9 Å². The Kier molecular flexibility index (Phi) is 3.38. The smallest absolute Gasteiger partial charge is 0.338 e. The van der Waals surface area contributed by atoms with Crippen molar-refractivity contribution in [3.8, 4) is 0 Å². The highest BCUT2D eigenvalue weighted by atomic mass is 32.2. The van der Waals surface area contributed by atoms with Crippen molar-refractivity contribution < 1.29 is 9.90 Å². The van der Waals surface area contributed by atoms with Gasteiger partial charge in [0.05, 0.1) is 11.3 Å². The molecule has 2 aromatic heterocycles. The van der Waals surface area contributed by atoms with Crippen molar-refractivity contribution in [1.29, 1.82) is 0 Å². The SMILES string of the molecule is Cc1cc(Sc2nccn2C)c(C(=O)O)c(C)n1. The maximum atomic E-state index is 11.3. The molecule has 0 amide bonds. The molecule has 5 nitrogen and oxygen atoms in total. The van der Waals surface area contributed by atoms with E-state index in [0.29, 0.717) is 10.6 Å². The molecule has 2 aromatic rings. The van der Waals surface area contributed by atoms with Crippen LogP contribution >= 0.6 is 11.8 Å². The van der Waals surface area contributed by atoms with Gasteiger partial charge in [-0.1, -0.05) is 11.8 Å². The first kappa shape index (κ1) is 12.6. The van der Waals surface area contributed by atoms with E-state index in [2.05, 4.69) is 9.97 Å². The summed E-state index contributed by atoms with van der Waals surface area (Å²) in [7, 11) is 1.87. The van der Waals surface area contributed by atoms with Gasteiger partial charge in [0.1, 0.15) is 0 Å². The highest BCUT2D eigenvalue weighted by Crippen LogP contribution is 2.30. The summed E-state index contributed by atoms with van der Waals surface area (Å²) in [5, 5.41) is 10.0. The molecule has 0 saturated carbocycles. The summed E-state index contributed by atoms with van der Waals surface area (Å²) in [5.41, 5.74) is 1.57. The summed E-state index contributed by atoms with van der Waals surface area (Å²) in [5.74, 6) is -0.961. The Bertz CT molecular complexity index is 607. The minimum Gasteiger partial charge on any atom is -0.478 e. The number of carboxylic acids is 1. The van der Waals surface area contributed by atoms with Gasteiger partial charge in [-0.15, -0.1) is 0 Å². The number of aromatic carboxylic acids is 1. The molecule has 0 bridgehead atoms. The first-order valence-corrected chi connectivity index (χ1v) is 6.17. The van der Waals surface area contributed by atoms with Crippen molar-refractivity contribution in [3.05, 3.63) is 35.4 Å². The zero-order valence-electron chi connectivity index (χ0n) is 10.3. The Labute approximate surface area is 109 Å². The fourth-order valence-corrected chi connectivity index (χ4v) is 2.76. The lowest BCUT2D eigenvalue weighted by Gasteiger charge is -2.09. The maximum absolute atomic E-state index is 11.3. The Balaban J connectivity index is 2.49. The van der Waals surface area contributed by atoms with Crippen LogP contribution in [0.25, 0.3) is 0 Å². The third-order valence-corrected chi connectivity index (χ3v) is 3.60. The molecular weight excluding hydrogens is 250 g/mol. The number of hydrogen-bond donors (Lipinski definition) is 1. The number of imidazole rings is 1. The molecule has 0 spiro atoms. The molecule has 0 aromatic carbocycles. The highest BCUT2D eigenvalue weighted by molar-refractivity contribution is 7.99. The zero-order valence-corrected chi connectivity index (χ0v) is 11.2. The first-order valence-electron chi connectivity index (χ1n) is 5.35. The molecule has 18 heavy (non-hydrogen) atoms. The summed E-state index contributed by atoms with van der Waals surface area (Å²) in [6.07, 6.45) is 3.51. The summed E-state index contributed by atoms with van der Waals surface area (Å²) in [4.78, 5) is 20.3. The van der Waals surface area contributed by atoms with E-state index in [9.17, 15) is 9.90 Å². The van der Waals surface area contributed by atoms with Gasteiger partial charge in [0, 0.05) is 30.0 Å². The first-order chi connectivity index (χ1) is 8.49. The van der Waals surface area contributed by atoms with Crippen LogP contribution in [-0.4, -0.2) is 25.6 Å². The van der Waals surface area contributed by atoms with E-state index in [0.717, 1.165) is 10.9 Å². The van der Waals surface area contributed by atoms with Crippen LogP contribution in [0.3, 0.4) is 0 Å². The topological polar surface area (TPSA) is 68.0 Å². The Morgan fingerprint density at radius 2 is 2.17 bits per heavy atom. The molecule has 0 atom stereocenters. The fourth-order valence-electron chi connectivity index (χ4n) is 1.68. The van der Waals surface area contributed by atoms with Crippen molar-refractivity contribution in [3.63, 3.8) is 0 Å². The quantitative estimate of drug-likeness (QED) is 0.920. The van der Waals surface area contributed by atoms with Gasteiger partial charge in [0.15, 0.2) is 5.16 Å². The second kappa shape index (κ2) is 4.81. The zero-order chi connectivity index (χ0) is 13.3. The van der Waals surface area contributed by atoms with Crippen LogP contribution in [0.5, 0.6) is 0 Å². The molecule has 0 aliphatic rings. The molecular formula is C12H13N3O2S. The van der Waals surface area contributed by atoms with Crippen LogP contribution in [0.15, 0.2) is 28.5 Å². The number of nitrogens with zero attached hydrogens (tertiary/aromatic N) is 3. The van der Waals surface area contributed by atoms with Gasteiger partial charge in [0.25, 0.3) is 0 Å². The number of pyridine rings is 1. The number of aryl methyl sites for hydroxylation is 3. The predicted molar refractivity (Wildman–Crippen MR) is 68.0 cm³/mol. The van der Waals surface area contributed by atoms with Crippen LogP contribution in [0.4, 0.5) is 0 Å². The molecule has 94 valence electrons. The second-order valence-electron chi connectivity index (χ2n) is 3.95. The summed E-state index contributed by atoms with van der Waals surface area (Å²) in [6.45, 7) is 3.56. The molecule has 0 aliphatic carbocycles. The van der Waals surface area contributed by atoms with Gasteiger partial charge in [-0.3, -0.25) is 4.98 Å². The van der Waals surface area contributed by atoms with Crippen molar-refractivity contribution in [2.75, 3.05) is 0 Å². The van der Waals surface area contributed by atoms with Crippen molar-refractivity contribution in [1.82, 2.24) is 14.5 Å². The molecule has 0 radical (unpaired) electrons. The van der Waals surface area contributed by atoms with Crippen molar-refractivity contribution >= 4 is 17.7 Å². The van der Waals surface area contributed by atoms with Gasteiger partial charge < -0.3 is 9.67 Å². The van der Waals surface area contributed by atoms with Gasteiger partial charge in [0.2, 0.25) is 0 Å². The molecule has 0 fully saturated rings. The average Bonchev–Trinajstić information content (AvgIpc) is 2.62. The maximum Gasteiger partial charge on any atom is 0.338 e. The Hall–Kier alpha value is -1.82. The number of aromatic nitrogens is 3. The van der Waals surface area contributed by atoms with Crippen LogP contribution < -0.4 is 0 Å². The summed E-state index contributed by atoms with van der Waals surface area (Å²) < 4.78 is 1.85. The highest BCUT2D eigenvalue weighted by Gasteiger charge is 2.17. The van der Waals surface area contributed by atoms with Crippen LogP contribution in [-0.2, 0) is 7.05 Å².